The Bertz CT molecular complexity index is 501. The summed E-state index contributed by atoms with van der Waals surface area (Å²) in [6.07, 6.45) is 3.95. The monoisotopic (exact) mass is 400 g/mol. The number of piperazine rings is 1. The second-order valence-electron chi connectivity index (χ2n) is 6.36. The molecule has 1 aliphatic carbocycles. The lowest BCUT2D eigenvalue weighted by molar-refractivity contribution is 0.252. The Morgan fingerprint density at radius 1 is 1.35 bits per heavy atom. The minimum Gasteiger partial charge on any atom is -0.365 e. The number of benzene rings is 1. The van der Waals surface area contributed by atoms with Crippen molar-refractivity contribution in [3.8, 4) is 0 Å². The Kier molecular flexibility index (Phi) is 4.17. The molecule has 1 aromatic carbocycles. The van der Waals surface area contributed by atoms with Gasteiger partial charge in [-0.2, -0.15) is 0 Å². The molecular formula is C16H22Br2N2. The fourth-order valence-electron chi connectivity index (χ4n) is 3.35. The first-order valence-electron chi connectivity index (χ1n) is 7.50. The van der Waals surface area contributed by atoms with Gasteiger partial charge in [-0.05, 0) is 66.2 Å². The first-order valence-corrected chi connectivity index (χ1v) is 9.09. The normalized spacial score (nSPS) is 30.6. The molecule has 2 fully saturated rings. The topological polar surface area (TPSA) is 15.3 Å². The fraction of sp³-hybridized carbons (Fsp3) is 0.625. The molecule has 2 unspecified atom stereocenters. The highest BCUT2D eigenvalue weighted by molar-refractivity contribution is 9.11. The summed E-state index contributed by atoms with van der Waals surface area (Å²) in [6, 6.07) is 7.11. The van der Waals surface area contributed by atoms with Gasteiger partial charge in [0.25, 0.3) is 0 Å². The van der Waals surface area contributed by atoms with Gasteiger partial charge >= 0.3 is 0 Å². The standard InChI is InChI=1S/C16H22Br2N2/c1-3-13-9-19-16(2,11-4-5-11)10-20(13)15-7-6-12(17)8-14(15)18/h6-8,11,13,19H,3-5,9-10H2,1-2H3. The van der Waals surface area contributed by atoms with Gasteiger partial charge in [0.05, 0.1) is 5.69 Å². The van der Waals surface area contributed by atoms with Crippen LogP contribution in [0.2, 0.25) is 0 Å². The summed E-state index contributed by atoms with van der Waals surface area (Å²) in [7, 11) is 0. The van der Waals surface area contributed by atoms with Crippen molar-refractivity contribution in [2.45, 2.75) is 44.7 Å². The summed E-state index contributed by atoms with van der Waals surface area (Å²) in [4.78, 5) is 2.60. The van der Waals surface area contributed by atoms with Crippen molar-refractivity contribution in [1.82, 2.24) is 5.32 Å². The predicted octanol–water partition coefficient (Wildman–Crippen LogP) is 4.57. The molecule has 1 saturated heterocycles. The number of nitrogens with zero attached hydrogens (tertiary/aromatic N) is 1. The zero-order chi connectivity index (χ0) is 14.3. The molecule has 0 spiro atoms. The van der Waals surface area contributed by atoms with E-state index in [9.17, 15) is 0 Å². The highest BCUT2D eigenvalue weighted by atomic mass is 79.9. The van der Waals surface area contributed by atoms with Crippen molar-refractivity contribution in [2.24, 2.45) is 5.92 Å². The van der Waals surface area contributed by atoms with Gasteiger partial charge in [-0.25, -0.2) is 0 Å². The molecule has 2 nitrogen and oxygen atoms in total. The quantitative estimate of drug-likeness (QED) is 0.797. The van der Waals surface area contributed by atoms with Crippen LogP contribution in [0.5, 0.6) is 0 Å². The van der Waals surface area contributed by atoms with Gasteiger partial charge in [0.1, 0.15) is 0 Å². The van der Waals surface area contributed by atoms with Crippen molar-refractivity contribution >= 4 is 37.5 Å². The lowest BCUT2D eigenvalue weighted by Crippen LogP contribution is -2.64. The average Bonchev–Trinajstić information content (AvgIpc) is 3.23. The molecule has 1 saturated carbocycles. The fourth-order valence-corrected chi connectivity index (χ4v) is 4.63. The largest absolute Gasteiger partial charge is 0.365 e. The van der Waals surface area contributed by atoms with Crippen molar-refractivity contribution < 1.29 is 0 Å². The Morgan fingerprint density at radius 3 is 2.70 bits per heavy atom. The highest BCUT2D eigenvalue weighted by Gasteiger charge is 2.46. The third-order valence-corrected chi connectivity index (χ3v) is 5.98. The molecule has 1 aliphatic heterocycles. The minimum absolute atomic E-state index is 0.276. The SMILES string of the molecule is CCC1CNC(C)(C2CC2)CN1c1ccc(Br)cc1Br. The Morgan fingerprint density at radius 2 is 2.10 bits per heavy atom. The van der Waals surface area contributed by atoms with Crippen LogP contribution < -0.4 is 10.2 Å². The smallest absolute Gasteiger partial charge is 0.0515 e. The third kappa shape index (κ3) is 2.79. The number of nitrogens with one attached hydrogen (secondary N) is 1. The molecule has 1 aromatic rings. The Balaban J connectivity index is 1.90. The third-order valence-electron chi connectivity index (χ3n) is 4.85. The van der Waals surface area contributed by atoms with Gasteiger partial charge in [0.2, 0.25) is 0 Å². The molecule has 2 atom stereocenters. The zero-order valence-corrected chi connectivity index (χ0v) is 15.3. The van der Waals surface area contributed by atoms with Crippen LogP contribution in [0.4, 0.5) is 5.69 Å². The van der Waals surface area contributed by atoms with E-state index in [1.165, 1.54) is 29.4 Å². The Labute approximate surface area is 138 Å². The van der Waals surface area contributed by atoms with Crippen LogP contribution >= 0.6 is 31.9 Å². The molecule has 4 heteroatoms. The maximum absolute atomic E-state index is 3.82. The summed E-state index contributed by atoms with van der Waals surface area (Å²) in [5, 5.41) is 3.82. The van der Waals surface area contributed by atoms with E-state index in [0.29, 0.717) is 6.04 Å². The zero-order valence-electron chi connectivity index (χ0n) is 12.1. The molecule has 0 amide bonds. The van der Waals surface area contributed by atoms with Crippen molar-refractivity contribution in [3.05, 3.63) is 27.1 Å². The molecule has 20 heavy (non-hydrogen) atoms. The van der Waals surface area contributed by atoms with Crippen molar-refractivity contribution in [3.63, 3.8) is 0 Å². The summed E-state index contributed by atoms with van der Waals surface area (Å²) in [5.41, 5.74) is 1.60. The Hall–Kier alpha value is -0.0600. The van der Waals surface area contributed by atoms with E-state index in [-0.39, 0.29) is 5.54 Å². The van der Waals surface area contributed by atoms with Gasteiger partial charge in [-0.15, -0.1) is 0 Å². The molecule has 3 rings (SSSR count). The van der Waals surface area contributed by atoms with Gasteiger partial charge in [0.15, 0.2) is 0 Å². The van der Waals surface area contributed by atoms with Crippen LogP contribution in [0, 0.1) is 5.92 Å². The maximum Gasteiger partial charge on any atom is 0.0515 e. The van der Waals surface area contributed by atoms with Crippen LogP contribution in [0.25, 0.3) is 0 Å². The molecular weight excluding hydrogens is 380 g/mol. The maximum atomic E-state index is 3.82. The number of hydrogen-bond acceptors (Lipinski definition) is 2. The van der Waals surface area contributed by atoms with E-state index in [4.69, 9.17) is 0 Å². The second kappa shape index (κ2) is 5.62. The van der Waals surface area contributed by atoms with E-state index in [1.54, 1.807) is 0 Å². The molecule has 0 bridgehead atoms. The van der Waals surface area contributed by atoms with Gasteiger partial charge in [0, 0.05) is 33.6 Å². The molecule has 0 aromatic heterocycles. The lowest BCUT2D eigenvalue weighted by atomic mass is 9.90. The summed E-state index contributed by atoms with van der Waals surface area (Å²) in [6.45, 7) is 6.88. The van der Waals surface area contributed by atoms with E-state index in [2.05, 4.69) is 74.1 Å². The number of halogens is 2. The van der Waals surface area contributed by atoms with Crippen molar-refractivity contribution in [1.29, 1.82) is 0 Å². The molecule has 1 heterocycles. The summed E-state index contributed by atoms with van der Waals surface area (Å²) >= 11 is 7.28. The van der Waals surface area contributed by atoms with Crippen molar-refractivity contribution in [2.75, 3.05) is 18.0 Å². The van der Waals surface area contributed by atoms with E-state index >= 15 is 0 Å². The van der Waals surface area contributed by atoms with Gasteiger partial charge < -0.3 is 10.2 Å². The second-order valence-corrected chi connectivity index (χ2v) is 8.13. The average molecular weight is 402 g/mol. The number of hydrogen-bond donors (Lipinski definition) is 1. The van der Waals surface area contributed by atoms with Crippen LogP contribution in [-0.2, 0) is 0 Å². The molecule has 110 valence electrons. The van der Waals surface area contributed by atoms with Gasteiger partial charge in [-0.1, -0.05) is 22.9 Å². The summed E-state index contributed by atoms with van der Waals surface area (Å²) < 4.78 is 2.31. The van der Waals surface area contributed by atoms with Crippen LogP contribution in [-0.4, -0.2) is 24.7 Å². The number of anilines is 1. The first-order chi connectivity index (χ1) is 9.53. The highest BCUT2D eigenvalue weighted by Crippen LogP contribution is 2.43. The molecule has 0 radical (unpaired) electrons. The van der Waals surface area contributed by atoms with Crippen LogP contribution in [0.15, 0.2) is 27.1 Å². The minimum atomic E-state index is 0.276. The molecule has 2 aliphatic rings. The van der Waals surface area contributed by atoms with Gasteiger partial charge in [-0.3, -0.25) is 0 Å². The first kappa shape index (κ1) is 14.9. The predicted molar refractivity (Wildman–Crippen MR) is 92.4 cm³/mol. The van der Waals surface area contributed by atoms with Crippen LogP contribution in [0.3, 0.4) is 0 Å². The van der Waals surface area contributed by atoms with E-state index in [1.807, 2.05) is 0 Å². The van der Waals surface area contributed by atoms with E-state index in [0.717, 1.165) is 23.5 Å². The van der Waals surface area contributed by atoms with E-state index < -0.39 is 0 Å². The summed E-state index contributed by atoms with van der Waals surface area (Å²) in [5.74, 6) is 0.858. The lowest BCUT2D eigenvalue weighted by Gasteiger charge is -2.48. The number of rotatable bonds is 3. The molecule has 1 N–H and O–H groups in total. The van der Waals surface area contributed by atoms with Crippen LogP contribution in [0.1, 0.15) is 33.1 Å².